The highest BCUT2D eigenvalue weighted by molar-refractivity contribution is 9.10. The van der Waals surface area contributed by atoms with Crippen LogP contribution in [0.25, 0.3) is 0 Å². The summed E-state index contributed by atoms with van der Waals surface area (Å²) in [6, 6.07) is 6.03. The number of nitrogens with zero attached hydrogens (tertiary/aromatic N) is 1. The number of halogens is 1. The van der Waals surface area contributed by atoms with Crippen LogP contribution in [-0.2, 0) is 0 Å². The van der Waals surface area contributed by atoms with Gasteiger partial charge in [0.1, 0.15) is 0 Å². The van der Waals surface area contributed by atoms with Crippen LogP contribution in [-0.4, -0.2) is 29.4 Å². The summed E-state index contributed by atoms with van der Waals surface area (Å²) in [4.78, 5) is 2.34. The van der Waals surface area contributed by atoms with Crippen molar-refractivity contribution in [3.8, 4) is 0 Å². The fraction of sp³-hybridized carbons (Fsp3) is 0.600. The van der Waals surface area contributed by atoms with Crippen LogP contribution in [0, 0.1) is 5.92 Å². The molecule has 1 unspecified atom stereocenters. The molecular formula is C15H22BrNO2. The highest BCUT2D eigenvalue weighted by Gasteiger charge is 2.23. The number of aliphatic hydroxyl groups is 2. The van der Waals surface area contributed by atoms with Crippen LogP contribution in [0.5, 0.6) is 0 Å². The van der Waals surface area contributed by atoms with Gasteiger partial charge < -0.3 is 15.1 Å². The van der Waals surface area contributed by atoms with Crippen molar-refractivity contribution in [2.75, 3.05) is 18.0 Å². The Labute approximate surface area is 123 Å². The summed E-state index contributed by atoms with van der Waals surface area (Å²) >= 11 is 3.59. The van der Waals surface area contributed by atoms with Gasteiger partial charge in [-0.25, -0.2) is 0 Å². The van der Waals surface area contributed by atoms with E-state index in [1.807, 2.05) is 19.1 Å². The van der Waals surface area contributed by atoms with E-state index in [-0.39, 0.29) is 6.10 Å². The van der Waals surface area contributed by atoms with Gasteiger partial charge in [-0.05, 0) is 66.2 Å². The number of piperidine rings is 1. The van der Waals surface area contributed by atoms with E-state index in [0.29, 0.717) is 5.92 Å². The SMILES string of the molecule is CC(O)C1CCN(c2ccc([C@@H](C)O)cc2Br)CC1. The van der Waals surface area contributed by atoms with Crippen molar-refractivity contribution in [3.63, 3.8) is 0 Å². The number of rotatable bonds is 3. The Balaban J connectivity index is 2.07. The Bertz CT molecular complexity index is 426. The van der Waals surface area contributed by atoms with Gasteiger partial charge in [-0.15, -0.1) is 0 Å². The molecule has 1 aromatic rings. The van der Waals surface area contributed by atoms with Gasteiger partial charge in [0.2, 0.25) is 0 Å². The third-order valence-corrected chi connectivity index (χ3v) is 4.65. The quantitative estimate of drug-likeness (QED) is 0.896. The molecule has 0 aliphatic carbocycles. The molecule has 1 saturated heterocycles. The van der Waals surface area contributed by atoms with E-state index in [1.54, 1.807) is 6.92 Å². The standard InChI is InChI=1S/C15H22BrNO2/c1-10(18)12-5-7-17(8-6-12)15-4-3-13(11(2)19)9-14(15)16/h3-4,9-12,18-19H,5-8H2,1-2H3/t10?,11-/m1/s1. The maximum Gasteiger partial charge on any atom is 0.0762 e. The van der Waals surface area contributed by atoms with E-state index in [9.17, 15) is 10.2 Å². The Morgan fingerprint density at radius 3 is 2.32 bits per heavy atom. The van der Waals surface area contributed by atoms with Crippen molar-refractivity contribution in [3.05, 3.63) is 28.2 Å². The smallest absolute Gasteiger partial charge is 0.0762 e. The highest BCUT2D eigenvalue weighted by Crippen LogP contribution is 2.32. The molecule has 0 spiro atoms. The Hall–Kier alpha value is -0.580. The molecule has 0 bridgehead atoms. The average molecular weight is 328 g/mol. The molecule has 2 rings (SSSR count). The van der Waals surface area contributed by atoms with E-state index >= 15 is 0 Å². The maximum atomic E-state index is 9.63. The van der Waals surface area contributed by atoms with E-state index in [2.05, 4.69) is 26.9 Å². The fourth-order valence-electron chi connectivity index (χ4n) is 2.66. The number of hydrogen-bond acceptors (Lipinski definition) is 3. The lowest BCUT2D eigenvalue weighted by Crippen LogP contribution is -2.37. The fourth-order valence-corrected chi connectivity index (χ4v) is 3.31. The molecule has 1 fully saturated rings. The summed E-state index contributed by atoms with van der Waals surface area (Å²) in [5.41, 5.74) is 2.10. The van der Waals surface area contributed by atoms with E-state index < -0.39 is 6.10 Å². The molecule has 4 heteroatoms. The zero-order chi connectivity index (χ0) is 14.0. The molecule has 1 heterocycles. The van der Waals surface area contributed by atoms with Crippen molar-refractivity contribution < 1.29 is 10.2 Å². The number of benzene rings is 1. The van der Waals surface area contributed by atoms with E-state index in [1.165, 1.54) is 5.69 Å². The summed E-state index contributed by atoms with van der Waals surface area (Å²) in [7, 11) is 0. The van der Waals surface area contributed by atoms with Crippen LogP contribution < -0.4 is 4.90 Å². The normalized spacial score (nSPS) is 20.4. The van der Waals surface area contributed by atoms with Crippen molar-refractivity contribution in [2.45, 2.75) is 38.9 Å². The molecule has 0 aromatic heterocycles. The van der Waals surface area contributed by atoms with Crippen LogP contribution in [0.3, 0.4) is 0 Å². The molecule has 106 valence electrons. The summed E-state index contributed by atoms with van der Waals surface area (Å²) < 4.78 is 1.03. The number of hydrogen-bond donors (Lipinski definition) is 2. The molecule has 0 saturated carbocycles. The summed E-state index contributed by atoms with van der Waals surface area (Å²) in [6.07, 6.45) is 1.42. The molecule has 1 aliphatic heterocycles. The second-order valence-electron chi connectivity index (χ2n) is 5.45. The molecule has 0 radical (unpaired) electrons. The summed E-state index contributed by atoms with van der Waals surface area (Å²) in [5, 5.41) is 19.2. The minimum Gasteiger partial charge on any atom is -0.393 e. The highest BCUT2D eigenvalue weighted by atomic mass is 79.9. The lowest BCUT2D eigenvalue weighted by molar-refractivity contribution is 0.110. The molecule has 19 heavy (non-hydrogen) atoms. The minimum atomic E-state index is -0.439. The van der Waals surface area contributed by atoms with Gasteiger partial charge >= 0.3 is 0 Å². The van der Waals surface area contributed by atoms with Gasteiger partial charge in [0, 0.05) is 17.6 Å². The van der Waals surface area contributed by atoms with Gasteiger partial charge in [-0.3, -0.25) is 0 Å². The van der Waals surface area contributed by atoms with Gasteiger partial charge in [0.25, 0.3) is 0 Å². The van der Waals surface area contributed by atoms with Crippen LogP contribution in [0.1, 0.15) is 38.4 Å². The van der Waals surface area contributed by atoms with E-state index in [0.717, 1.165) is 36.0 Å². The Kier molecular flexibility index (Phi) is 4.87. The monoisotopic (exact) mass is 327 g/mol. The molecule has 1 aromatic carbocycles. The average Bonchev–Trinajstić information content (AvgIpc) is 2.38. The lowest BCUT2D eigenvalue weighted by Gasteiger charge is -2.35. The third-order valence-electron chi connectivity index (χ3n) is 4.02. The van der Waals surface area contributed by atoms with Crippen molar-refractivity contribution in [2.24, 2.45) is 5.92 Å². The predicted octanol–water partition coefficient (Wildman–Crippen LogP) is 3.10. The second-order valence-corrected chi connectivity index (χ2v) is 6.31. The Morgan fingerprint density at radius 1 is 1.21 bits per heavy atom. The van der Waals surface area contributed by atoms with Crippen molar-refractivity contribution in [1.82, 2.24) is 0 Å². The molecule has 2 N–H and O–H groups in total. The molecule has 2 atom stereocenters. The first-order valence-corrected chi connectivity index (χ1v) is 7.69. The third kappa shape index (κ3) is 3.50. The molecule has 1 aliphatic rings. The zero-order valence-corrected chi connectivity index (χ0v) is 13.1. The first-order valence-electron chi connectivity index (χ1n) is 6.89. The van der Waals surface area contributed by atoms with Gasteiger partial charge in [0.15, 0.2) is 0 Å². The topological polar surface area (TPSA) is 43.7 Å². The minimum absolute atomic E-state index is 0.205. The largest absolute Gasteiger partial charge is 0.393 e. The molecule has 0 amide bonds. The second kappa shape index (κ2) is 6.25. The zero-order valence-electron chi connectivity index (χ0n) is 11.5. The number of aliphatic hydroxyl groups excluding tert-OH is 2. The Morgan fingerprint density at radius 2 is 1.84 bits per heavy atom. The summed E-state index contributed by atoms with van der Waals surface area (Å²) in [5.74, 6) is 0.423. The van der Waals surface area contributed by atoms with Gasteiger partial charge in [-0.2, -0.15) is 0 Å². The van der Waals surface area contributed by atoms with Crippen molar-refractivity contribution in [1.29, 1.82) is 0 Å². The van der Waals surface area contributed by atoms with Gasteiger partial charge in [-0.1, -0.05) is 6.07 Å². The number of anilines is 1. The summed E-state index contributed by atoms with van der Waals surface area (Å²) in [6.45, 7) is 5.60. The molecule has 3 nitrogen and oxygen atoms in total. The van der Waals surface area contributed by atoms with Crippen LogP contribution in [0.4, 0.5) is 5.69 Å². The first-order chi connectivity index (χ1) is 8.99. The lowest BCUT2D eigenvalue weighted by atomic mass is 9.92. The van der Waals surface area contributed by atoms with Gasteiger partial charge in [0.05, 0.1) is 17.9 Å². The van der Waals surface area contributed by atoms with Crippen LogP contribution >= 0.6 is 15.9 Å². The van der Waals surface area contributed by atoms with Crippen molar-refractivity contribution >= 4 is 21.6 Å². The molecular weight excluding hydrogens is 306 g/mol. The predicted molar refractivity (Wildman–Crippen MR) is 81.4 cm³/mol. The van der Waals surface area contributed by atoms with Crippen LogP contribution in [0.2, 0.25) is 0 Å². The maximum absolute atomic E-state index is 9.63. The van der Waals surface area contributed by atoms with E-state index in [4.69, 9.17) is 0 Å². The van der Waals surface area contributed by atoms with Crippen LogP contribution in [0.15, 0.2) is 22.7 Å². The first kappa shape index (κ1) is 14.8.